The van der Waals surface area contributed by atoms with Gasteiger partial charge in [0.15, 0.2) is 0 Å². The highest BCUT2D eigenvalue weighted by Gasteiger charge is 2.10. The Balaban J connectivity index is 2.06. The zero-order valence-corrected chi connectivity index (χ0v) is 12.6. The molecule has 0 aliphatic carbocycles. The molecule has 0 amide bonds. The number of rotatable bonds is 3. The molecule has 0 N–H and O–H groups in total. The monoisotopic (exact) mass is 282 g/mol. The molecule has 108 valence electrons. The van der Waals surface area contributed by atoms with Gasteiger partial charge >= 0.3 is 0 Å². The van der Waals surface area contributed by atoms with Crippen LogP contribution in [0.2, 0.25) is 0 Å². The van der Waals surface area contributed by atoms with Crippen molar-refractivity contribution in [2.75, 3.05) is 0 Å². The molecule has 1 aromatic heterocycles. The smallest absolute Gasteiger partial charge is 0.135 e. The lowest BCUT2D eigenvalue weighted by molar-refractivity contribution is 0.612. The normalized spacial score (nSPS) is 12.8. The number of halogens is 1. The highest BCUT2D eigenvalue weighted by molar-refractivity contribution is 5.83. The summed E-state index contributed by atoms with van der Waals surface area (Å²) < 4.78 is 19.5. The highest BCUT2D eigenvalue weighted by atomic mass is 19.1. The van der Waals surface area contributed by atoms with Gasteiger partial charge in [-0.3, -0.25) is 0 Å². The van der Waals surface area contributed by atoms with Crippen LogP contribution in [0.4, 0.5) is 4.39 Å². The van der Waals surface area contributed by atoms with E-state index in [4.69, 9.17) is 4.42 Å². The van der Waals surface area contributed by atoms with Crippen LogP contribution in [-0.2, 0) is 0 Å². The van der Waals surface area contributed by atoms with Crippen LogP contribution in [0.1, 0.15) is 37.3 Å². The van der Waals surface area contributed by atoms with E-state index in [0.29, 0.717) is 17.2 Å². The summed E-state index contributed by atoms with van der Waals surface area (Å²) in [5.74, 6) is 1.04. The van der Waals surface area contributed by atoms with Gasteiger partial charge in [-0.1, -0.05) is 32.0 Å². The summed E-state index contributed by atoms with van der Waals surface area (Å²) in [6.07, 6.45) is 1.11. The van der Waals surface area contributed by atoms with Crippen molar-refractivity contribution in [3.63, 3.8) is 0 Å². The molecule has 1 unspecified atom stereocenters. The Kier molecular flexibility index (Phi) is 3.54. The summed E-state index contributed by atoms with van der Waals surface area (Å²) in [6, 6.07) is 13.5. The molecule has 1 nitrogen and oxygen atoms in total. The first-order valence-corrected chi connectivity index (χ1v) is 7.38. The van der Waals surface area contributed by atoms with Crippen molar-refractivity contribution in [2.24, 2.45) is 0 Å². The first-order chi connectivity index (χ1) is 10.1. The molecule has 0 radical (unpaired) electrons. The van der Waals surface area contributed by atoms with Crippen molar-refractivity contribution in [3.05, 3.63) is 59.4 Å². The van der Waals surface area contributed by atoms with Crippen LogP contribution >= 0.6 is 0 Å². The Hall–Kier alpha value is -2.09. The zero-order valence-electron chi connectivity index (χ0n) is 12.6. The fourth-order valence-electron chi connectivity index (χ4n) is 2.49. The molecule has 2 heteroatoms. The largest absolute Gasteiger partial charge is 0.456 e. The highest BCUT2D eigenvalue weighted by Crippen LogP contribution is 2.31. The van der Waals surface area contributed by atoms with Crippen LogP contribution in [0, 0.1) is 12.7 Å². The SMILES string of the molecule is CCC(C)c1ccc2oc(-c3ccc(C)c(F)c3)cc2c1. The van der Waals surface area contributed by atoms with Crippen LogP contribution in [0.3, 0.4) is 0 Å². The molecule has 21 heavy (non-hydrogen) atoms. The molecular formula is C19H19FO. The lowest BCUT2D eigenvalue weighted by Gasteiger charge is -2.07. The second-order valence-electron chi connectivity index (χ2n) is 5.68. The average Bonchev–Trinajstić information content (AvgIpc) is 2.92. The van der Waals surface area contributed by atoms with Crippen molar-refractivity contribution in [3.8, 4) is 11.3 Å². The summed E-state index contributed by atoms with van der Waals surface area (Å²) >= 11 is 0. The Morgan fingerprint density at radius 1 is 1.10 bits per heavy atom. The zero-order chi connectivity index (χ0) is 15.0. The van der Waals surface area contributed by atoms with Gasteiger partial charge in [-0.25, -0.2) is 4.39 Å². The molecule has 3 aromatic rings. The molecule has 0 spiro atoms. The second kappa shape index (κ2) is 5.36. The van der Waals surface area contributed by atoms with E-state index in [0.717, 1.165) is 23.0 Å². The van der Waals surface area contributed by atoms with E-state index >= 15 is 0 Å². The van der Waals surface area contributed by atoms with E-state index in [2.05, 4.69) is 26.0 Å². The van der Waals surface area contributed by atoms with Crippen molar-refractivity contribution in [1.82, 2.24) is 0 Å². The third-order valence-electron chi connectivity index (χ3n) is 4.18. The first-order valence-electron chi connectivity index (χ1n) is 7.38. The quantitative estimate of drug-likeness (QED) is 0.569. The predicted molar refractivity (Wildman–Crippen MR) is 85.1 cm³/mol. The Bertz CT molecular complexity index is 785. The third-order valence-corrected chi connectivity index (χ3v) is 4.18. The number of benzene rings is 2. The number of furan rings is 1. The minimum atomic E-state index is -0.201. The van der Waals surface area contributed by atoms with Crippen LogP contribution < -0.4 is 0 Å². The Morgan fingerprint density at radius 2 is 1.90 bits per heavy atom. The lowest BCUT2D eigenvalue weighted by atomic mass is 9.97. The van der Waals surface area contributed by atoms with E-state index < -0.39 is 0 Å². The van der Waals surface area contributed by atoms with Crippen molar-refractivity contribution in [1.29, 1.82) is 0 Å². The maximum Gasteiger partial charge on any atom is 0.135 e. The molecule has 2 aromatic carbocycles. The molecule has 0 saturated heterocycles. The van der Waals surface area contributed by atoms with Gasteiger partial charge in [-0.2, -0.15) is 0 Å². The van der Waals surface area contributed by atoms with Crippen LogP contribution in [0.25, 0.3) is 22.3 Å². The molecule has 0 bridgehead atoms. The molecule has 1 heterocycles. The maximum atomic E-state index is 13.7. The topological polar surface area (TPSA) is 13.1 Å². The van der Waals surface area contributed by atoms with Gasteiger partial charge in [0.1, 0.15) is 17.2 Å². The summed E-state index contributed by atoms with van der Waals surface area (Å²) in [5, 5.41) is 1.07. The first kappa shape index (κ1) is 13.9. The van der Waals surface area contributed by atoms with Crippen molar-refractivity contribution in [2.45, 2.75) is 33.1 Å². The number of hydrogen-bond acceptors (Lipinski definition) is 1. The van der Waals surface area contributed by atoms with Crippen molar-refractivity contribution < 1.29 is 8.81 Å². The van der Waals surface area contributed by atoms with E-state index in [1.54, 1.807) is 13.0 Å². The molecule has 0 fully saturated rings. The van der Waals surface area contributed by atoms with Crippen LogP contribution in [-0.4, -0.2) is 0 Å². The summed E-state index contributed by atoms with van der Waals surface area (Å²) in [7, 11) is 0. The van der Waals surface area contributed by atoms with E-state index in [9.17, 15) is 4.39 Å². The fraction of sp³-hybridized carbons (Fsp3) is 0.263. The number of hydrogen-bond donors (Lipinski definition) is 0. The third kappa shape index (κ3) is 2.58. The standard InChI is InChI=1S/C19H19FO/c1-4-12(2)14-7-8-18-16(9-14)11-19(21-18)15-6-5-13(3)17(20)10-15/h5-12H,4H2,1-3H3. The fourth-order valence-corrected chi connectivity index (χ4v) is 2.49. The molecular weight excluding hydrogens is 263 g/mol. The second-order valence-corrected chi connectivity index (χ2v) is 5.68. The van der Waals surface area contributed by atoms with Gasteiger partial charge < -0.3 is 4.42 Å². The minimum Gasteiger partial charge on any atom is -0.456 e. The Labute approximate surface area is 124 Å². The van der Waals surface area contributed by atoms with Crippen LogP contribution in [0.5, 0.6) is 0 Å². The van der Waals surface area contributed by atoms with Gasteiger partial charge in [0.05, 0.1) is 0 Å². The van der Waals surface area contributed by atoms with Crippen LogP contribution in [0.15, 0.2) is 46.9 Å². The molecule has 0 aliphatic rings. The van der Waals surface area contributed by atoms with E-state index in [1.807, 2.05) is 18.2 Å². The maximum absolute atomic E-state index is 13.7. The Morgan fingerprint density at radius 3 is 2.62 bits per heavy atom. The molecule has 3 rings (SSSR count). The van der Waals surface area contributed by atoms with Gasteiger partial charge in [-0.15, -0.1) is 0 Å². The minimum absolute atomic E-state index is 0.201. The van der Waals surface area contributed by atoms with Gasteiger partial charge in [0.25, 0.3) is 0 Å². The van der Waals surface area contributed by atoms with Crippen molar-refractivity contribution >= 4 is 11.0 Å². The number of fused-ring (bicyclic) bond motifs is 1. The molecule has 1 atom stereocenters. The molecule has 0 aliphatic heterocycles. The summed E-state index contributed by atoms with van der Waals surface area (Å²) in [5.41, 5.74) is 3.58. The van der Waals surface area contributed by atoms with Gasteiger partial charge in [0, 0.05) is 10.9 Å². The predicted octanol–water partition coefficient (Wildman–Crippen LogP) is 6.06. The summed E-state index contributed by atoms with van der Waals surface area (Å²) in [6.45, 7) is 6.17. The number of aryl methyl sites for hydroxylation is 1. The van der Waals surface area contributed by atoms with Gasteiger partial charge in [0.2, 0.25) is 0 Å². The average molecular weight is 282 g/mol. The van der Waals surface area contributed by atoms with E-state index in [-0.39, 0.29) is 5.82 Å². The molecule has 0 saturated carbocycles. The summed E-state index contributed by atoms with van der Waals surface area (Å²) in [4.78, 5) is 0. The van der Waals surface area contributed by atoms with E-state index in [1.165, 1.54) is 11.6 Å². The lowest BCUT2D eigenvalue weighted by Crippen LogP contribution is -1.89. The van der Waals surface area contributed by atoms with Gasteiger partial charge in [-0.05, 0) is 54.7 Å².